The Morgan fingerprint density at radius 3 is 2.15 bits per heavy atom. The molecule has 0 aliphatic carbocycles. The van der Waals surface area contributed by atoms with Gasteiger partial charge in [0.05, 0.1) is 22.4 Å². The van der Waals surface area contributed by atoms with E-state index in [1.807, 2.05) is 38.1 Å². The number of hydrazone groups is 1. The Morgan fingerprint density at radius 1 is 0.912 bits per heavy atom. The molecule has 0 spiro atoms. The van der Waals surface area contributed by atoms with Gasteiger partial charge in [-0.25, -0.2) is 8.42 Å². The molecule has 9 heteroatoms. The van der Waals surface area contributed by atoms with Crippen LogP contribution in [0.4, 0.5) is 5.69 Å². The Morgan fingerprint density at radius 2 is 1.53 bits per heavy atom. The van der Waals surface area contributed by atoms with Gasteiger partial charge < -0.3 is 0 Å². The van der Waals surface area contributed by atoms with Crippen LogP contribution < -0.4 is 4.72 Å². The molecule has 0 amide bonds. The van der Waals surface area contributed by atoms with Crippen molar-refractivity contribution in [3.8, 4) is 0 Å². The van der Waals surface area contributed by atoms with Crippen molar-refractivity contribution in [2.75, 3.05) is 10.5 Å². The molecule has 178 valence electrons. The van der Waals surface area contributed by atoms with Gasteiger partial charge >= 0.3 is 0 Å². The van der Waals surface area contributed by atoms with E-state index >= 15 is 0 Å². The molecule has 34 heavy (non-hydrogen) atoms. The molecule has 0 bridgehead atoms. The van der Waals surface area contributed by atoms with Crippen molar-refractivity contribution in [1.82, 2.24) is 4.41 Å². The van der Waals surface area contributed by atoms with Gasteiger partial charge in [0.2, 0.25) is 10.0 Å². The van der Waals surface area contributed by atoms with Crippen LogP contribution in [-0.2, 0) is 20.0 Å². The van der Waals surface area contributed by atoms with Gasteiger partial charge in [-0.2, -0.15) is 17.9 Å². The smallest absolute Gasteiger partial charge is 0.279 e. The molecule has 4 rings (SSSR count). The molecule has 3 aromatic rings. The maximum absolute atomic E-state index is 13.6. The first-order valence-electron chi connectivity index (χ1n) is 10.9. The van der Waals surface area contributed by atoms with E-state index in [0.717, 1.165) is 16.7 Å². The quantitative estimate of drug-likeness (QED) is 0.516. The lowest BCUT2D eigenvalue weighted by molar-refractivity contribution is 0.371. The maximum atomic E-state index is 13.6. The first-order chi connectivity index (χ1) is 16.1. The third-order valence-corrected chi connectivity index (χ3v) is 8.75. The highest BCUT2D eigenvalue weighted by molar-refractivity contribution is 7.92. The van der Waals surface area contributed by atoms with Crippen molar-refractivity contribution in [2.24, 2.45) is 5.10 Å². The van der Waals surface area contributed by atoms with Gasteiger partial charge in [0.15, 0.2) is 0 Å². The highest BCUT2D eigenvalue weighted by atomic mass is 32.2. The molecule has 1 aliphatic heterocycles. The molecule has 0 saturated heterocycles. The topological polar surface area (TPSA) is 95.9 Å². The Kier molecular flexibility index (Phi) is 6.51. The van der Waals surface area contributed by atoms with Gasteiger partial charge in [-0.3, -0.25) is 4.72 Å². The molecular weight excluding hydrogens is 470 g/mol. The van der Waals surface area contributed by atoms with E-state index in [2.05, 4.69) is 9.82 Å². The van der Waals surface area contributed by atoms with Gasteiger partial charge in [0, 0.05) is 12.1 Å². The zero-order chi connectivity index (χ0) is 24.5. The van der Waals surface area contributed by atoms with E-state index in [-0.39, 0.29) is 10.6 Å². The first kappa shape index (κ1) is 24.0. The molecule has 1 aliphatic rings. The SMILES string of the molecule is CCS(=O)(=O)Nc1cccc(C2=NN(S(=O)(=O)c3ccc(C)cc3)[C@H](c3ccc(C)cc3)C2)c1. The second kappa shape index (κ2) is 9.23. The van der Waals surface area contributed by atoms with Gasteiger partial charge in [-0.05, 0) is 56.2 Å². The summed E-state index contributed by atoms with van der Waals surface area (Å²) in [5.74, 6) is -0.0454. The summed E-state index contributed by atoms with van der Waals surface area (Å²) < 4.78 is 54.9. The molecular formula is C25H27N3O4S2. The predicted octanol–water partition coefficient (Wildman–Crippen LogP) is 4.61. The third-order valence-electron chi connectivity index (χ3n) is 5.75. The summed E-state index contributed by atoms with van der Waals surface area (Å²) in [5.41, 5.74) is 4.52. The van der Waals surface area contributed by atoms with Crippen LogP contribution in [0.25, 0.3) is 0 Å². The van der Waals surface area contributed by atoms with Crippen molar-refractivity contribution >= 4 is 31.4 Å². The number of rotatable bonds is 7. The van der Waals surface area contributed by atoms with Crippen molar-refractivity contribution in [2.45, 2.75) is 38.1 Å². The summed E-state index contributed by atoms with van der Waals surface area (Å²) in [6.07, 6.45) is 0.359. The maximum Gasteiger partial charge on any atom is 0.279 e. The number of sulfonamides is 2. The minimum absolute atomic E-state index is 0.0454. The highest BCUT2D eigenvalue weighted by Crippen LogP contribution is 2.37. The van der Waals surface area contributed by atoms with Crippen LogP contribution in [0.2, 0.25) is 0 Å². The second-order valence-corrected chi connectivity index (χ2v) is 12.2. The highest BCUT2D eigenvalue weighted by Gasteiger charge is 2.37. The predicted molar refractivity (Wildman–Crippen MR) is 135 cm³/mol. The number of nitrogens with zero attached hydrogens (tertiary/aromatic N) is 2. The van der Waals surface area contributed by atoms with Gasteiger partial charge in [-0.1, -0.05) is 59.7 Å². The number of nitrogens with one attached hydrogen (secondary N) is 1. The fourth-order valence-electron chi connectivity index (χ4n) is 3.75. The summed E-state index contributed by atoms with van der Waals surface area (Å²) in [5, 5.41) is 4.55. The molecule has 0 fully saturated rings. The number of anilines is 1. The van der Waals surface area contributed by atoms with Crippen molar-refractivity contribution in [1.29, 1.82) is 0 Å². The third kappa shape index (κ3) is 5.00. The van der Waals surface area contributed by atoms with Crippen LogP contribution in [0.15, 0.2) is 82.8 Å². The van der Waals surface area contributed by atoms with Gasteiger partial charge in [-0.15, -0.1) is 0 Å². The van der Waals surface area contributed by atoms with Crippen LogP contribution in [0, 0.1) is 13.8 Å². The summed E-state index contributed by atoms with van der Waals surface area (Å²) in [6.45, 7) is 5.44. The first-order valence-corrected chi connectivity index (χ1v) is 14.0. The Labute approximate surface area is 201 Å². The summed E-state index contributed by atoms with van der Waals surface area (Å²) in [4.78, 5) is 0.171. The second-order valence-electron chi connectivity index (χ2n) is 8.35. The average molecular weight is 498 g/mol. The molecule has 0 aromatic heterocycles. The molecule has 3 aromatic carbocycles. The fourth-order valence-corrected chi connectivity index (χ4v) is 5.82. The lowest BCUT2D eigenvalue weighted by atomic mass is 9.98. The van der Waals surface area contributed by atoms with Crippen molar-refractivity contribution < 1.29 is 16.8 Å². The van der Waals surface area contributed by atoms with Crippen molar-refractivity contribution in [3.63, 3.8) is 0 Å². The molecule has 1 heterocycles. The number of hydrogen-bond acceptors (Lipinski definition) is 5. The van der Waals surface area contributed by atoms with E-state index in [9.17, 15) is 16.8 Å². The standard InChI is InChI=1S/C25H27N3O4S2/c1-4-33(29,30)27-22-7-5-6-21(16-22)24-17-25(20-12-8-18(2)9-13-20)28(26-24)34(31,32)23-14-10-19(3)11-15-23/h5-16,25,27H,4,17H2,1-3H3/t25-/m0/s1. The van der Waals surface area contributed by atoms with Crippen LogP contribution in [-0.4, -0.2) is 32.7 Å². The zero-order valence-corrected chi connectivity index (χ0v) is 20.9. The van der Waals surface area contributed by atoms with E-state index in [0.29, 0.717) is 23.4 Å². The van der Waals surface area contributed by atoms with E-state index in [1.165, 1.54) is 4.41 Å². The van der Waals surface area contributed by atoms with Gasteiger partial charge in [0.25, 0.3) is 10.0 Å². The fraction of sp³-hybridized carbons (Fsp3) is 0.240. The summed E-state index contributed by atoms with van der Waals surface area (Å²) in [7, 11) is -7.35. The lowest BCUT2D eigenvalue weighted by Gasteiger charge is -2.23. The Bertz CT molecular complexity index is 1430. The summed E-state index contributed by atoms with van der Waals surface area (Å²) in [6, 6.07) is 20.8. The van der Waals surface area contributed by atoms with E-state index in [4.69, 9.17) is 0 Å². The Balaban J connectivity index is 1.76. The summed E-state index contributed by atoms with van der Waals surface area (Å²) >= 11 is 0. The zero-order valence-electron chi connectivity index (χ0n) is 19.3. The van der Waals surface area contributed by atoms with Gasteiger partial charge in [0.1, 0.15) is 0 Å². The van der Waals surface area contributed by atoms with E-state index < -0.39 is 26.1 Å². The van der Waals surface area contributed by atoms with Crippen LogP contribution >= 0.6 is 0 Å². The largest absolute Gasteiger partial charge is 0.284 e. The normalized spacial score (nSPS) is 16.4. The minimum Gasteiger partial charge on any atom is -0.284 e. The number of hydrogen-bond donors (Lipinski definition) is 1. The van der Waals surface area contributed by atoms with Crippen molar-refractivity contribution in [3.05, 3.63) is 95.1 Å². The molecule has 1 atom stereocenters. The average Bonchev–Trinajstić information content (AvgIpc) is 3.26. The van der Waals surface area contributed by atoms with E-state index in [1.54, 1.807) is 55.5 Å². The van der Waals surface area contributed by atoms with Crippen LogP contribution in [0.1, 0.15) is 41.6 Å². The molecule has 0 saturated carbocycles. The van der Waals surface area contributed by atoms with Crippen LogP contribution in [0.5, 0.6) is 0 Å². The molecule has 0 unspecified atom stereocenters. The molecule has 1 N–H and O–H groups in total. The number of aryl methyl sites for hydroxylation is 2. The molecule has 7 nitrogen and oxygen atoms in total. The van der Waals surface area contributed by atoms with Crippen LogP contribution in [0.3, 0.4) is 0 Å². The monoisotopic (exact) mass is 497 g/mol. The minimum atomic E-state index is -3.91. The molecule has 0 radical (unpaired) electrons. The Hall–Kier alpha value is -3.17. The number of benzene rings is 3. The lowest BCUT2D eigenvalue weighted by Crippen LogP contribution is -2.27.